The number of halogens is 1. The Labute approximate surface area is 225 Å². The number of aliphatic hydroxyl groups is 2. The van der Waals surface area contributed by atoms with Gasteiger partial charge in [-0.15, -0.1) is 0 Å². The Morgan fingerprint density at radius 2 is 1.76 bits per heavy atom. The van der Waals surface area contributed by atoms with E-state index in [9.17, 15) is 9.90 Å². The van der Waals surface area contributed by atoms with Gasteiger partial charge in [-0.2, -0.15) is 0 Å². The average molecular weight is 524 g/mol. The maximum atomic E-state index is 12.9. The van der Waals surface area contributed by atoms with Gasteiger partial charge >= 0.3 is 0 Å². The number of hydrogen-bond donors (Lipinski definition) is 2. The van der Waals surface area contributed by atoms with E-state index in [1.165, 1.54) is 0 Å². The van der Waals surface area contributed by atoms with Crippen molar-refractivity contribution in [3.63, 3.8) is 0 Å². The van der Waals surface area contributed by atoms with Crippen LogP contribution in [0.15, 0.2) is 90.1 Å². The Hall–Kier alpha value is -4.15. The third-order valence-corrected chi connectivity index (χ3v) is 7.01. The van der Waals surface area contributed by atoms with Crippen molar-refractivity contribution in [1.82, 2.24) is 14.1 Å². The Morgan fingerprint density at radius 3 is 2.47 bits per heavy atom. The van der Waals surface area contributed by atoms with E-state index in [2.05, 4.69) is 16.8 Å². The topological polar surface area (TPSA) is 80.3 Å². The van der Waals surface area contributed by atoms with Gasteiger partial charge in [0.1, 0.15) is 0 Å². The highest BCUT2D eigenvalue weighted by atomic mass is 35.5. The summed E-state index contributed by atoms with van der Waals surface area (Å²) in [5, 5.41) is 22.8. The minimum Gasteiger partial charge on any atom is -0.395 e. The number of fused-ring (bicyclic) bond motifs is 1. The standard InChI is InChI=1S/C31H26ClN3O3/c1-34-20-33-19-29(34)31(38,23-9-12-25(32)13-10-23)24-11-14-28-27(17-24)26(18-30(37)35(28)2)22-8-5-7-21(16-22)6-3-4-15-36/h5,7-14,16-20,36,38H,4,15H2,1-2H3. The molecule has 2 aromatic heterocycles. The Bertz CT molecular complexity index is 1760. The van der Waals surface area contributed by atoms with Crippen molar-refractivity contribution in [2.75, 3.05) is 6.61 Å². The van der Waals surface area contributed by atoms with E-state index in [1.807, 2.05) is 49.5 Å². The molecular formula is C31H26ClN3O3. The Morgan fingerprint density at radius 1 is 1.00 bits per heavy atom. The van der Waals surface area contributed by atoms with E-state index in [-0.39, 0.29) is 12.2 Å². The lowest BCUT2D eigenvalue weighted by molar-refractivity contribution is 0.117. The van der Waals surface area contributed by atoms with Gasteiger partial charge in [-0.3, -0.25) is 4.79 Å². The lowest BCUT2D eigenvalue weighted by Gasteiger charge is -2.30. The van der Waals surface area contributed by atoms with Crippen LogP contribution in [0, 0.1) is 11.8 Å². The molecule has 3 aromatic carbocycles. The van der Waals surface area contributed by atoms with Crippen LogP contribution in [0.2, 0.25) is 5.02 Å². The maximum absolute atomic E-state index is 12.9. The molecular weight excluding hydrogens is 498 g/mol. The van der Waals surface area contributed by atoms with Crippen LogP contribution in [-0.2, 0) is 19.7 Å². The quantitative estimate of drug-likeness (QED) is 0.330. The van der Waals surface area contributed by atoms with Gasteiger partial charge in [-0.25, -0.2) is 4.98 Å². The molecule has 0 fully saturated rings. The van der Waals surface area contributed by atoms with E-state index in [4.69, 9.17) is 16.7 Å². The zero-order valence-corrected chi connectivity index (χ0v) is 21.8. The van der Waals surface area contributed by atoms with Gasteiger partial charge in [0.15, 0.2) is 5.60 Å². The first-order chi connectivity index (χ1) is 18.3. The predicted molar refractivity (Wildman–Crippen MR) is 150 cm³/mol. The monoisotopic (exact) mass is 523 g/mol. The van der Waals surface area contributed by atoms with Crippen LogP contribution in [-0.4, -0.2) is 30.9 Å². The van der Waals surface area contributed by atoms with E-state index >= 15 is 0 Å². The van der Waals surface area contributed by atoms with Crippen molar-refractivity contribution < 1.29 is 10.2 Å². The van der Waals surface area contributed by atoms with Gasteiger partial charge in [0.2, 0.25) is 0 Å². The number of benzene rings is 3. The molecule has 0 aliphatic carbocycles. The lowest BCUT2D eigenvalue weighted by Crippen LogP contribution is -2.31. The van der Waals surface area contributed by atoms with Crippen LogP contribution in [0.3, 0.4) is 0 Å². The fraction of sp³-hybridized carbons (Fsp3) is 0.161. The van der Waals surface area contributed by atoms with Crippen molar-refractivity contribution in [2.24, 2.45) is 14.1 Å². The summed E-state index contributed by atoms with van der Waals surface area (Å²) in [6.07, 6.45) is 3.68. The summed E-state index contributed by atoms with van der Waals surface area (Å²) >= 11 is 6.16. The number of rotatable bonds is 5. The zero-order valence-electron chi connectivity index (χ0n) is 21.0. The third-order valence-electron chi connectivity index (χ3n) is 6.76. The molecule has 0 amide bonds. The molecule has 0 radical (unpaired) electrons. The maximum Gasteiger partial charge on any atom is 0.251 e. The average Bonchev–Trinajstić information content (AvgIpc) is 3.37. The predicted octanol–water partition coefficient (Wildman–Crippen LogP) is 4.61. The number of aryl methyl sites for hydroxylation is 2. The first-order valence-electron chi connectivity index (χ1n) is 12.1. The normalized spacial score (nSPS) is 12.7. The summed E-state index contributed by atoms with van der Waals surface area (Å²) in [5.74, 6) is 6.01. The first kappa shape index (κ1) is 25.5. The molecule has 0 saturated carbocycles. The molecule has 0 saturated heterocycles. The molecule has 38 heavy (non-hydrogen) atoms. The van der Waals surface area contributed by atoms with Gasteiger partial charge in [-0.05, 0) is 58.7 Å². The number of aliphatic hydroxyl groups excluding tert-OH is 1. The molecule has 6 nitrogen and oxygen atoms in total. The highest BCUT2D eigenvalue weighted by Gasteiger charge is 2.37. The smallest absolute Gasteiger partial charge is 0.251 e. The summed E-state index contributed by atoms with van der Waals surface area (Å²) in [6.45, 7) is 0.00201. The van der Waals surface area contributed by atoms with Gasteiger partial charge in [-0.1, -0.05) is 53.8 Å². The Kier molecular flexibility index (Phi) is 6.92. The Balaban J connectivity index is 1.77. The SMILES string of the molecule is Cn1cncc1C(O)(c1ccc(Cl)cc1)c1ccc2c(c1)c(-c1cccc(C#CCCO)c1)cc(=O)n2C. The lowest BCUT2D eigenvalue weighted by atomic mass is 9.82. The van der Waals surface area contributed by atoms with Crippen molar-refractivity contribution in [2.45, 2.75) is 12.0 Å². The number of nitrogens with zero attached hydrogens (tertiary/aromatic N) is 3. The van der Waals surface area contributed by atoms with Crippen molar-refractivity contribution in [3.05, 3.63) is 123 Å². The summed E-state index contributed by atoms with van der Waals surface area (Å²) < 4.78 is 3.38. The van der Waals surface area contributed by atoms with E-state index in [0.717, 1.165) is 27.6 Å². The van der Waals surface area contributed by atoms with E-state index in [1.54, 1.807) is 59.0 Å². The van der Waals surface area contributed by atoms with Crippen molar-refractivity contribution in [3.8, 4) is 23.0 Å². The largest absolute Gasteiger partial charge is 0.395 e. The van der Waals surface area contributed by atoms with Crippen LogP contribution in [0.5, 0.6) is 0 Å². The summed E-state index contributed by atoms with van der Waals surface area (Å²) in [6, 6.07) is 22.0. The molecule has 5 aromatic rings. The molecule has 0 aliphatic rings. The fourth-order valence-electron chi connectivity index (χ4n) is 4.77. The minimum atomic E-state index is -1.53. The first-order valence-corrected chi connectivity index (χ1v) is 12.5. The van der Waals surface area contributed by atoms with E-state index in [0.29, 0.717) is 28.3 Å². The van der Waals surface area contributed by atoms with Gasteiger partial charge < -0.3 is 19.3 Å². The number of pyridine rings is 1. The van der Waals surface area contributed by atoms with E-state index < -0.39 is 5.60 Å². The summed E-state index contributed by atoms with van der Waals surface area (Å²) in [4.78, 5) is 17.2. The molecule has 0 aliphatic heterocycles. The third kappa shape index (κ3) is 4.52. The van der Waals surface area contributed by atoms with Crippen molar-refractivity contribution in [1.29, 1.82) is 0 Å². The molecule has 1 atom stereocenters. The molecule has 0 spiro atoms. The number of hydrogen-bond acceptors (Lipinski definition) is 4. The van der Waals surface area contributed by atoms with Crippen molar-refractivity contribution >= 4 is 22.5 Å². The molecule has 2 N–H and O–H groups in total. The second-order valence-electron chi connectivity index (χ2n) is 9.15. The number of imidazole rings is 1. The fourth-order valence-corrected chi connectivity index (χ4v) is 4.90. The van der Waals surface area contributed by atoms with Crippen LogP contribution < -0.4 is 5.56 Å². The van der Waals surface area contributed by atoms with Gasteiger partial charge in [0.05, 0.1) is 30.3 Å². The zero-order chi connectivity index (χ0) is 26.9. The molecule has 5 rings (SSSR count). The van der Waals surface area contributed by atoms with Crippen LogP contribution >= 0.6 is 11.6 Å². The van der Waals surface area contributed by atoms with Gasteiger partial charge in [0.25, 0.3) is 5.56 Å². The molecule has 190 valence electrons. The van der Waals surface area contributed by atoms with Crippen LogP contribution in [0.1, 0.15) is 28.8 Å². The molecule has 0 bridgehead atoms. The van der Waals surface area contributed by atoms with Crippen LogP contribution in [0.25, 0.3) is 22.0 Å². The molecule has 7 heteroatoms. The highest BCUT2D eigenvalue weighted by molar-refractivity contribution is 6.30. The molecule has 2 heterocycles. The molecule has 1 unspecified atom stereocenters. The highest BCUT2D eigenvalue weighted by Crippen LogP contribution is 2.39. The second-order valence-corrected chi connectivity index (χ2v) is 9.59. The summed E-state index contributed by atoms with van der Waals surface area (Å²) in [5.41, 5.74) is 3.25. The second kappa shape index (κ2) is 10.3. The minimum absolute atomic E-state index is 0.00201. The number of aromatic nitrogens is 3. The van der Waals surface area contributed by atoms with Gasteiger partial charge in [0, 0.05) is 42.6 Å². The van der Waals surface area contributed by atoms with Crippen LogP contribution in [0.4, 0.5) is 0 Å². The summed E-state index contributed by atoms with van der Waals surface area (Å²) in [7, 11) is 3.57.